The molecule has 1 aliphatic rings. The highest BCUT2D eigenvalue weighted by molar-refractivity contribution is 9.10. The van der Waals surface area contributed by atoms with Gasteiger partial charge in [0.2, 0.25) is 0 Å². The van der Waals surface area contributed by atoms with Crippen LogP contribution in [-0.2, 0) is 6.54 Å². The normalized spacial score (nSPS) is 17.5. The fourth-order valence-corrected chi connectivity index (χ4v) is 2.61. The van der Waals surface area contributed by atoms with E-state index in [2.05, 4.69) is 15.9 Å². The molecule has 0 spiro atoms. The Morgan fingerprint density at radius 3 is 2.76 bits per heavy atom. The molecule has 1 N–H and O–H groups in total. The van der Waals surface area contributed by atoms with Crippen LogP contribution in [0.4, 0.5) is 0 Å². The van der Waals surface area contributed by atoms with Gasteiger partial charge in [0.1, 0.15) is 5.69 Å². The minimum Gasteiger partial charge on any atom is -0.393 e. The van der Waals surface area contributed by atoms with Crippen LogP contribution >= 0.6 is 15.9 Å². The van der Waals surface area contributed by atoms with Crippen molar-refractivity contribution < 1.29 is 9.90 Å². The van der Waals surface area contributed by atoms with E-state index in [-0.39, 0.29) is 12.0 Å². The molecule has 1 aliphatic heterocycles. The molecular formula is C12H17BrN2O2. The van der Waals surface area contributed by atoms with Gasteiger partial charge in [0.15, 0.2) is 0 Å². The van der Waals surface area contributed by atoms with Crippen molar-refractivity contribution >= 4 is 21.8 Å². The smallest absolute Gasteiger partial charge is 0.270 e. The fraction of sp³-hybridized carbons (Fsp3) is 0.583. The van der Waals surface area contributed by atoms with Crippen molar-refractivity contribution in [1.29, 1.82) is 0 Å². The van der Waals surface area contributed by atoms with Crippen molar-refractivity contribution in [1.82, 2.24) is 9.47 Å². The first-order valence-electron chi connectivity index (χ1n) is 5.95. The topological polar surface area (TPSA) is 45.5 Å². The maximum absolute atomic E-state index is 12.3. The number of amides is 1. The number of carbonyl (C=O) groups excluding carboxylic acids is 1. The summed E-state index contributed by atoms with van der Waals surface area (Å²) in [5.74, 6) is 0.0597. The van der Waals surface area contributed by atoms with Gasteiger partial charge in [-0.2, -0.15) is 0 Å². The summed E-state index contributed by atoms with van der Waals surface area (Å²) < 4.78 is 2.87. The molecule has 2 rings (SSSR count). The SMILES string of the molecule is CCn1cc(Br)cc1C(=O)N1CCC(O)CC1. The van der Waals surface area contributed by atoms with Gasteiger partial charge in [-0.05, 0) is 41.8 Å². The van der Waals surface area contributed by atoms with Crippen LogP contribution in [0.5, 0.6) is 0 Å². The molecule has 0 saturated carbocycles. The number of hydrogen-bond donors (Lipinski definition) is 1. The number of hydrogen-bond acceptors (Lipinski definition) is 2. The van der Waals surface area contributed by atoms with E-state index >= 15 is 0 Å². The molecule has 0 radical (unpaired) electrons. The fourth-order valence-electron chi connectivity index (χ4n) is 2.15. The predicted octanol–water partition coefficient (Wildman–Crippen LogP) is 1.87. The summed E-state index contributed by atoms with van der Waals surface area (Å²) in [6, 6.07) is 1.86. The van der Waals surface area contributed by atoms with Crippen molar-refractivity contribution in [2.75, 3.05) is 13.1 Å². The van der Waals surface area contributed by atoms with Crippen molar-refractivity contribution in [3.63, 3.8) is 0 Å². The van der Waals surface area contributed by atoms with E-state index in [1.807, 2.05) is 28.7 Å². The summed E-state index contributed by atoms with van der Waals surface area (Å²) in [5, 5.41) is 9.43. The third kappa shape index (κ3) is 2.72. The highest BCUT2D eigenvalue weighted by Gasteiger charge is 2.24. The number of aromatic nitrogens is 1. The van der Waals surface area contributed by atoms with Gasteiger partial charge in [0, 0.05) is 30.3 Å². The van der Waals surface area contributed by atoms with Gasteiger partial charge < -0.3 is 14.6 Å². The summed E-state index contributed by atoms with van der Waals surface area (Å²) in [7, 11) is 0. The molecular weight excluding hydrogens is 284 g/mol. The van der Waals surface area contributed by atoms with Gasteiger partial charge in [0.25, 0.3) is 5.91 Å². The first kappa shape index (κ1) is 12.6. The van der Waals surface area contributed by atoms with E-state index in [1.54, 1.807) is 0 Å². The molecule has 0 aliphatic carbocycles. The van der Waals surface area contributed by atoms with E-state index in [0.29, 0.717) is 25.9 Å². The number of halogens is 1. The Kier molecular flexibility index (Phi) is 3.89. The molecule has 0 unspecified atom stereocenters. The third-order valence-corrected chi connectivity index (χ3v) is 3.61. The van der Waals surface area contributed by atoms with Gasteiger partial charge in [-0.3, -0.25) is 4.79 Å². The highest BCUT2D eigenvalue weighted by atomic mass is 79.9. The van der Waals surface area contributed by atoms with Crippen LogP contribution in [0.25, 0.3) is 0 Å². The largest absolute Gasteiger partial charge is 0.393 e. The van der Waals surface area contributed by atoms with Crippen LogP contribution in [0.2, 0.25) is 0 Å². The van der Waals surface area contributed by atoms with Crippen molar-refractivity contribution in [2.24, 2.45) is 0 Å². The molecule has 0 bridgehead atoms. The van der Waals surface area contributed by atoms with Crippen LogP contribution in [0, 0.1) is 0 Å². The second-order valence-corrected chi connectivity index (χ2v) is 5.27. The summed E-state index contributed by atoms with van der Waals surface area (Å²) in [5.41, 5.74) is 0.718. The molecule has 5 heteroatoms. The van der Waals surface area contributed by atoms with Gasteiger partial charge in [-0.25, -0.2) is 0 Å². The average molecular weight is 301 g/mol. The maximum atomic E-state index is 12.3. The van der Waals surface area contributed by atoms with Crippen LogP contribution in [0.3, 0.4) is 0 Å². The van der Waals surface area contributed by atoms with Gasteiger partial charge in [-0.15, -0.1) is 0 Å². The number of rotatable bonds is 2. The predicted molar refractivity (Wildman–Crippen MR) is 69.0 cm³/mol. The molecule has 0 atom stereocenters. The van der Waals surface area contributed by atoms with Crippen LogP contribution in [0.15, 0.2) is 16.7 Å². The Morgan fingerprint density at radius 1 is 1.53 bits per heavy atom. The van der Waals surface area contributed by atoms with E-state index in [0.717, 1.165) is 16.7 Å². The first-order chi connectivity index (χ1) is 8.11. The van der Waals surface area contributed by atoms with Crippen molar-refractivity contribution in [3.05, 3.63) is 22.4 Å². The zero-order chi connectivity index (χ0) is 12.4. The molecule has 1 saturated heterocycles. The number of aliphatic hydroxyl groups excluding tert-OH is 1. The molecule has 1 fully saturated rings. The van der Waals surface area contributed by atoms with E-state index in [9.17, 15) is 9.90 Å². The number of aliphatic hydroxyl groups is 1. The molecule has 2 heterocycles. The standard InChI is InChI=1S/C12H17BrN2O2/c1-2-14-8-9(13)7-11(14)12(17)15-5-3-10(16)4-6-15/h7-8,10,16H,2-6H2,1H3. The average Bonchev–Trinajstić information content (AvgIpc) is 2.70. The Balaban J connectivity index is 2.13. The lowest BCUT2D eigenvalue weighted by Gasteiger charge is -2.29. The maximum Gasteiger partial charge on any atom is 0.270 e. The molecule has 1 aromatic rings. The lowest BCUT2D eigenvalue weighted by atomic mass is 10.1. The van der Waals surface area contributed by atoms with Gasteiger partial charge in [-0.1, -0.05) is 0 Å². The Hall–Kier alpha value is -0.810. The second-order valence-electron chi connectivity index (χ2n) is 4.35. The summed E-state index contributed by atoms with van der Waals surface area (Å²) in [6.07, 6.45) is 3.04. The van der Waals surface area contributed by atoms with Gasteiger partial charge in [0.05, 0.1) is 6.10 Å². The molecule has 1 aromatic heterocycles. The number of nitrogens with zero attached hydrogens (tertiary/aromatic N) is 2. The summed E-state index contributed by atoms with van der Waals surface area (Å²) in [4.78, 5) is 14.1. The molecule has 17 heavy (non-hydrogen) atoms. The minimum absolute atomic E-state index is 0.0597. The van der Waals surface area contributed by atoms with Gasteiger partial charge >= 0.3 is 0 Å². The second kappa shape index (κ2) is 5.23. The van der Waals surface area contributed by atoms with Crippen LogP contribution in [-0.4, -0.2) is 39.7 Å². The van der Waals surface area contributed by atoms with E-state index in [1.165, 1.54) is 0 Å². The number of likely N-dealkylation sites (tertiary alicyclic amines) is 1. The molecule has 1 amide bonds. The lowest BCUT2D eigenvalue weighted by molar-refractivity contribution is 0.0537. The first-order valence-corrected chi connectivity index (χ1v) is 6.74. The molecule has 4 nitrogen and oxygen atoms in total. The van der Waals surface area contributed by atoms with Crippen LogP contribution < -0.4 is 0 Å². The number of piperidine rings is 1. The molecule has 0 aromatic carbocycles. The van der Waals surface area contributed by atoms with Crippen LogP contribution in [0.1, 0.15) is 30.3 Å². The Labute approximate surface area is 109 Å². The quantitative estimate of drug-likeness (QED) is 0.906. The lowest BCUT2D eigenvalue weighted by Crippen LogP contribution is -2.40. The zero-order valence-corrected chi connectivity index (χ0v) is 11.5. The number of carbonyl (C=O) groups is 1. The van der Waals surface area contributed by atoms with E-state index < -0.39 is 0 Å². The molecule has 94 valence electrons. The van der Waals surface area contributed by atoms with E-state index in [4.69, 9.17) is 0 Å². The minimum atomic E-state index is -0.247. The highest BCUT2D eigenvalue weighted by Crippen LogP contribution is 2.19. The summed E-state index contributed by atoms with van der Waals surface area (Å²) in [6.45, 7) is 4.09. The Bertz CT molecular complexity index is 409. The summed E-state index contributed by atoms with van der Waals surface area (Å²) >= 11 is 3.39. The Morgan fingerprint density at radius 2 is 2.18 bits per heavy atom. The monoisotopic (exact) mass is 300 g/mol. The zero-order valence-electron chi connectivity index (χ0n) is 9.90. The van der Waals surface area contributed by atoms with Crippen molar-refractivity contribution in [2.45, 2.75) is 32.4 Å². The third-order valence-electron chi connectivity index (χ3n) is 3.17. The van der Waals surface area contributed by atoms with Crippen molar-refractivity contribution in [3.8, 4) is 0 Å². The number of aryl methyl sites for hydroxylation is 1.